The number of aliphatic hydroxyl groups is 1. The van der Waals surface area contributed by atoms with E-state index in [-0.39, 0.29) is 12.1 Å². The molecule has 4 heteroatoms. The highest BCUT2D eigenvalue weighted by molar-refractivity contribution is 7.99. The van der Waals surface area contributed by atoms with E-state index < -0.39 is 0 Å². The Balaban J connectivity index is 2.42. The SMILES string of the molecule is CNC1(C#N)CCCC(SCC(C)CO)C1. The lowest BCUT2D eigenvalue weighted by molar-refractivity contribution is 0.250. The molecule has 0 spiro atoms. The molecule has 0 saturated heterocycles. The molecule has 0 aromatic rings. The number of rotatable bonds is 5. The molecule has 0 aromatic heterocycles. The highest BCUT2D eigenvalue weighted by Crippen LogP contribution is 2.35. The van der Waals surface area contributed by atoms with Crippen molar-refractivity contribution in [3.05, 3.63) is 0 Å². The maximum absolute atomic E-state index is 9.22. The molecule has 1 aliphatic carbocycles. The van der Waals surface area contributed by atoms with Crippen LogP contribution in [0.3, 0.4) is 0 Å². The van der Waals surface area contributed by atoms with Crippen LogP contribution in [0.2, 0.25) is 0 Å². The molecule has 92 valence electrons. The van der Waals surface area contributed by atoms with E-state index in [1.54, 1.807) is 0 Å². The van der Waals surface area contributed by atoms with Gasteiger partial charge in [0.25, 0.3) is 0 Å². The second kappa shape index (κ2) is 6.48. The maximum atomic E-state index is 9.22. The second-order valence-electron chi connectivity index (χ2n) is 4.78. The minimum Gasteiger partial charge on any atom is -0.396 e. The summed E-state index contributed by atoms with van der Waals surface area (Å²) in [5, 5.41) is 21.9. The number of nitrogens with zero attached hydrogens (tertiary/aromatic N) is 1. The van der Waals surface area contributed by atoms with Gasteiger partial charge in [0.2, 0.25) is 0 Å². The van der Waals surface area contributed by atoms with E-state index in [2.05, 4.69) is 18.3 Å². The lowest BCUT2D eigenvalue weighted by atomic mass is 9.83. The zero-order valence-corrected chi connectivity index (χ0v) is 11.0. The minimum absolute atomic E-state index is 0.259. The quantitative estimate of drug-likeness (QED) is 0.771. The van der Waals surface area contributed by atoms with Gasteiger partial charge in [-0.2, -0.15) is 17.0 Å². The van der Waals surface area contributed by atoms with E-state index in [0.29, 0.717) is 11.2 Å². The Morgan fingerprint density at radius 1 is 1.69 bits per heavy atom. The number of aliphatic hydroxyl groups excluding tert-OH is 1. The Morgan fingerprint density at radius 3 is 3.00 bits per heavy atom. The normalized spacial score (nSPS) is 32.0. The second-order valence-corrected chi connectivity index (χ2v) is 6.12. The van der Waals surface area contributed by atoms with Crippen LogP contribution >= 0.6 is 11.8 Å². The van der Waals surface area contributed by atoms with Crippen molar-refractivity contribution in [2.45, 2.75) is 43.4 Å². The van der Waals surface area contributed by atoms with E-state index in [1.807, 2.05) is 18.8 Å². The summed E-state index contributed by atoms with van der Waals surface area (Å²) in [6.07, 6.45) is 4.23. The molecule has 1 aliphatic rings. The van der Waals surface area contributed by atoms with Gasteiger partial charge in [0.05, 0.1) is 6.07 Å². The third kappa shape index (κ3) is 3.65. The van der Waals surface area contributed by atoms with Crippen LogP contribution in [0.5, 0.6) is 0 Å². The van der Waals surface area contributed by atoms with Crippen LogP contribution in [0, 0.1) is 17.2 Å². The third-order valence-corrected chi connectivity index (χ3v) is 4.96. The molecular weight excluding hydrogens is 220 g/mol. The fraction of sp³-hybridized carbons (Fsp3) is 0.917. The van der Waals surface area contributed by atoms with E-state index in [4.69, 9.17) is 5.11 Å². The summed E-state index contributed by atoms with van der Waals surface area (Å²) < 4.78 is 0. The highest BCUT2D eigenvalue weighted by atomic mass is 32.2. The molecule has 0 bridgehead atoms. The number of nitriles is 1. The molecule has 1 rings (SSSR count). The minimum atomic E-state index is -0.307. The van der Waals surface area contributed by atoms with Crippen molar-refractivity contribution in [1.82, 2.24) is 5.32 Å². The summed E-state index contributed by atoms with van der Waals surface area (Å²) in [7, 11) is 1.88. The molecule has 0 radical (unpaired) electrons. The molecular formula is C12H22N2OS. The van der Waals surface area contributed by atoms with E-state index in [0.717, 1.165) is 25.0 Å². The van der Waals surface area contributed by atoms with E-state index >= 15 is 0 Å². The first-order valence-electron chi connectivity index (χ1n) is 5.98. The Hall–Kier alpha value is -0.240. The van der Waals surface area contributed by atoms with Gasteiger partial charge in [0, 0.05) is 11.9 Å². The maximum Gasteiger partial charge on any atom is 0.107 e. The van der Waals surface area contributed by atoms with Crippen molar-refractivity contribution >= 4 is 11.8 Å². The summed E-state index contributed by atoms with van der Waals surface area (Å²) in [5.74, 6) is 1.35. The Morgan fingerprint density at radius 2 is 2.44 bits per heavy atom. The molecule has 0 heterocycles. The lowest BCUT2D eigenvalue weighted by Crippen LogP contribution is -2.46. The monoisotopic (exact) mass is 242 g/mol. The third-order valence-electron chi connectivity index (χ3n) is 3.33. The summed E-state index contributed by atoms with van der Waals surface area (Å²) in [5.41, 5.74) is -0.307. The smallest absolute Gasteiger partial charge is 0.107 e. The van der Waals surface area contributed by atoms with Gasteiger partial charge >= 0.3 is 0 Å². The molecule has 3 unspecified atom stereocenters. The first kappa shape index (κ1) is 13.8. The molecule has 16 heavy (non-hydrogen) atoms. The number of hydrogen-bond acceptors (Lipinski definition) is 4. The summed E-state index contributed by atoms with van der Waals surface area (Å²) in [6.45, 7) is 2.32. The predicted octanol–water partition coefficient (Wildman–Crippen LogP) is 1.77. The zero-order chi connectivity index (χ0) is 12.0. The molecule has 2 N–H and O–H groups in total. The topological polar surface area (TPSA) is 56.0 Å². The van der Waals surface area contributed by atoms with Crippen LogP contribution in [0.15, 0.2) is 0 Å². The van der Waals surface area contributed by atoms with Crippen LogP contribution in [-0.4, -0.2) is 35.3 Å². The Bertz CT molecular complexity index is 254. The van der Waals surface area contributed by atoms with Gasteiger partial charge in [-0.15, -0.1) is 0 Å². The van der Waals surface area contributed by atoms with Crippen molar-refractivity contribution in [3.63, 3.8) is 0 Å². The van der Waals surface area contributed by atoms with Crippen molar-refractivity contribution in [3.8, 4) is 6.07 Å². The fourth-order valence-electron chi connectivity index (χ4n) is 2.10. The van der Waals surface area contributed by atoms with Crippen LogP contribution in [0.4, 0.5) is 0 Å². The first-order valence-corrected chi connectivity index (χ1v) is 7.03. The molecule has 3 atom stereocenters. The van der Waals surface area contributed by atoms with E-state index in [9.17, 15) is 5.26 Å². The standard InChI is InChI=1S/C12H22N2OS/c1-10(7-15)8-16-11-4-3-5-12(6-11,9-13)14-2/h10-11,14-15H,3-8H2,1-2H3. The van der Waals surface area contributed by atoms with Crippen molar-refractivity contribution in [1.29, 1.82) is 5.26 Å². The van der Waals surface area contributed by atoms with Crippen molar-refractivity contribution in [2.75, 3.05) is 19.4 Å². The van der Waals surface area contributed by atoms with Gasteiger partial charge in [-0.25, -0.2) is 0 Å². The van der Waals surface area contributed by atoms with E-state index in [1.165, 1.54) is 6.42 Å². The molecule has 0 amide bonds. The van der Waals surface area contributed by atoms with Gasteiger partial charge in [0.1, 0.15) is 5.54 Å². The largest absolute Gasteiger partial charge is 0.396 e. The predicted molar refractivity (Wildman–Crippen MR) is 68.4 cm³/mol. The molecule has 3 nitrogen and oxygen atoms in total. The Kier molecular flexibility index (Phi) is 5.60. The van der Waals surface area contributed by atoms with Crippen molar-refractivity contribution < 1.29 is 5.11 Å². The van der Waals surface area contributed by atoms with Crippen LogP contribution in [0.25, 0.3) is 0 Å². The van der Waals surface area contributed by atoms with Crippen molar-refractivity contribution in [2.24, 2.45) is 5.92 Å². The molecule has 0 aliphatic heterocycles. The first-order chi connectivity index (χ1) is 7.65. The average molecular weight is 242 g/mol. The number of hydrogen-bond donors (Lipinski definition) is 2. The summed E-state index contributed by atoms with van der Waals surface area (Å²) >= 11 is 1.91. The van der Waals surface area contributed by atoms with Gasteiger partial charge < -0.3 is 10.4 Å². The highest BCUT2D eigenvalue weighted by Gasteiger charge is 2.35. The van der Waals surface area contributed by atoms with Crippen LogP contribution < -0.4 is 5.32 Å². The lowest BCUT2D eigenvalue weighted by Gasteiger charge is -2.35. The molecule has 1 saturated carbocycles. The molecule has 0 aromatic carbocycles. The number of thioether (sulfide) groups is 1. The van der Waals surface area contributed by atoms with Crippen LogP contribution in [0.1, 0.15) is 32.6 Å². The summed E-state index contributed by atoms with van der Waals surface area (Å²) in [4.78, 5) is 0. The van der Waals surface area contributed by atoms with Gasteiger partial charge in [-0.1, -0.05) is 6.92 Å². The fourth-order valence-corrected chi connectivity index (χ4v) is 3.55. The van der Waals surface area contributed by atoms with Gasteiger partial charge in [-0.05, 0) is 44.4 Å². The number of nitrogens with one attached hydrogen (secondary N) is 1. The van der Waals surface area contributed by atoms with Crippen LogP contribution in [-0.2, 0) is 0 Å². The summed E-state index contributed by atoms with van der Waals surface area (Å²) in [6, 6.07) is 2.42. The average Bonchev–Trinajstić information content (AvgIpc) is 2.36. The van der Waals surface area contributed by atoms with Gasteiger partial charge in [-0.3, -0.25) is 0 Å². The zero-order valence-electron chi connectivity index (χ0n) is 10.2. The van der Waals surface area contributed by atoms with Gasteiger partial charge in [0.15, 0.2) is 0 Å². The molecule has 1 fully saturated rings. The Labute approximate surface area is 103 Å².